The van der Waals surface area contributed by atoms with Gasteiger partial charge in [0, 0.05) is 21.1 Å². The lowest BCUT2D eigenvalue weighted by Crippen LogP contribution is -2.36. The molecule has 0 saturated carbocycles. The number of hydrogen-bond acceptors (Lipinski definition) is 10. The Morgan fingerprint density at radius 1 is 1.07 bits per heavy atom. The highest BCUT2D eigenvalue weighted by Crippen LogP contribution is 2.21. The first-order valence-corrected chi connectivity index (χ1v) is 9.41. The van der Waals surface area contributed by atoms with E-state index in [0.29, 0.717) is 0 Å². The van der Waals surface area contributed by atoms with Gasteiger partial charge in [-0.1, -0.05) is 0 Å². The standard InChI is InChI=1S/C14H20N8O6S/c1-7-9(8(22(4)19-7)10(23)21(2)3)29(25,26)20-12(24)15-11-16-13(27-5)18-14(17-11)28-6/h1-6H3,(H2,15,16,17,18,20,24). The second-order valence-corrected chi connectivity index (χ2v) is 7.40. The van der Waals surface area contributed by atoms with Crippen LogP contribution in [-0.4, -0.2) is 78.3 Å². The van der Waals surface area contributed by atoms with E-state index in [0.717, 1.165) is 4.68 Å². The minimum Gasteiger partial charge on any atom is -0.467 e. The molecule has 0 fully saturated rings. The van der Waals surface area contributed by atoms with Gasteiger partial charge >= 0.3 is 18.1 Å². The Labute approximate surface area is 166 Å². The lowest BCUT2D eigenvalue weighted by Gasteiger charge is -2.13. The monoisotopic (exact) mass is 428 g/mol. The van der Waals surface area contributed by atoms with Gasteiger partial charge in [-0.3, -0.25) is 14.8 Å². The van der Waals surface area contributed by atoms with Crippen molar-refractivity contribution in [3.05, 3.63) is 11.4 Å². The number of carbonyl (C=O) groups excluding carboxylic acids is 2. The van der Waals surface area contributed by atoms with Crippen LogP contribution in [0.2, 0.25) is 0 Å². The van der Waals surface area contributed by atoms with E-state index in [2.05, 4.69) is 25.4 Å². The highest BCUT2D eigenvalue weighted by Gasteiger charge is 2.32. The smallest absolute Gasteiger partial charge is 0.335 e. The average molecular weight is 428 g/mol. The van der Waals surface area contributed by atoms with Crippen LogP contribution in [0.3, 0.4) is 0 Å². The second-order valence-electron chi connectivity index (χ2n) is 5.78. The normalized spacial score (nSPS) is 11.0. The molecule has 0 unspecified atom stereocenters. The fraction of sp³-hybridized carbons (Fsp3) is 0.429. The number of sulfonamides is 1. The van der Waals surface area contributed by atoms with Crippen molar-refractivity contribution >= 4 is 27.9 Å². The highest BCUT2D eigenvalue weighted by molar-refractivity contribution is 7.90. The van der Waals surface area contributed by atoms with Gasteiger partial charge in [-0.05, 0) is 6.92 Å². The lowest BCUT2D eigenvalue weighted by atomic mass is 10.3. The molecule has 2 aromatic rings. The first kappa shape index (κ1) is 21.8. The lowest BCUT2D eigenvalue weighted by molar-refractivity contribution is 0.0813. The van der Waals surface area contributed by atoms with Crippen LogP contribution >= 0.6 is 0 Å². The molecule has 2 heterocycles. The van der Waals surface area contributed by atoms with Gasteiger partial charge in [0.25, 0.3) is 15.9 Å². The average Bonchev–Trinajstić information content (AvgIpc) is 2.94. The van der Waals surface area contributed by atoms with E-state index < -0.39 is 26.9 Å². The zero-order valence-electron chi connectivity index (χ0n) is 16.5. The van der Waals surface area contributed by atoms with E-state index >= 15 is 0 Å². The molecule has 0 aliphatic carbocycles. The summed E-state index contributed by atoms with van der Waals surface area (Å²) in [6.45, 7) is 1.40. The number of rotatable bonds is 6. The molecule has 2 N–H and O–H groups in total. The predicted octanol–water partition coefficient (Wildman–Crippen LogP) is -0.857. The van der Waals surface area contributed by atoms with Crippen LogP contribution in [0.5, 0.6) is 12.0 Å². The third-order valence-electron chi connectivity index (χ3n) is 3.46. The minimum absolute atomic E-state index is 0.0431. The number of hydrogen-bond donors (Lipinski definition) is 2. The predicted molar refractivity (Wildman–Crippen MR) is 98.2 cm³/mol. The van der Waals surface area contributed by atoms with Gasteiger partial charge < -0.3 is 14.4 Å². The van der Waals surface area contributed by atoms with E-state index in [1.807, 2.05) is 0 Å². The summed E-state index contributed by atoms with van der Waals surface area (Å²) in [6.07, 6.45) is 0. The molecule has 14 nitrogen and oxygen atoms in total. The molecule has 2 rings (SSSR count). The minimum atomic E-state index is -4.46. The van der Waals surface area contributed by atoms with Crippen molar-refractivity contribution in [1.82, 2.24) is 34.4 Å². The van der Waals surface area contributed by atoms with Crippen LogP contribution in [0.4, 0.5) is 10.7 Å². The third kappa shape index (κ3) is 4.68. The molecule has 0 aromatic carbocycles. The maximum atomic E-state index is 12.8. The maximum absolute atomic E-state index is 12.8. The van der Waals surface area contributed by atoms with E-state index in [1.165, 1.54) is 47.2 Å². The van der Waals surface area contributed by atoms with Crippen molar-refractivity contribution < 1.29 is 27.5 Å². The van der Waals surface area contributed by atoms with E-state index in [-0.39, 0.29) is 29.4 Å². The molecule has 0 aliphatic rings. The number of nitrogens with one attached hydrogen (secondary N) is 2. The quantitative estimate of drug-likeness (QED) is 0.590. The highest BCUT2D eigenvalue weighted by atomic mass is 32.2. The fourth-order valence-corrected chi connectivity index (χ4v) is 3.59. The van der Waals surface area contributed by atoms with Crippen molar-refractivity contribution in [2.75, 3.05) is 33.6 Å². The number of urea groups is 1. The molecule has 3 amide bonds. The summed E-state index contributed by atoms with van der Waals surface area (Å²) in [4.78, 5) is 36.7. The SMILES string of the molecule is COc1nc(NC(=O)NS(=O)(=O)c2c(C)nn(C)c2C(=O)N(C)C)nc(OC)n1. The first-order valence-electron chi connectivity index (χ1n) is 7.93. The van der Waals surface area contributed by atoms with Crippen LogP contribution in [-0.2, 0) is 17.1 Å². The molecule has 2 aromatic heterocycles. The van der Waals surface area contributed by atoms with Gasteiger partial charge in [0.1, 0.15) is 10.6 Å². The summed E-state index contributed by atoms with van der Waals surface area (Å²) in [5, 5.41) is 6.11. The Bertz CT molecular complexity index is 1030. The number of aryl methyl sites for hydroxylation is 2. The van der Waals surface area contributed by atoms with Crippen molar-refractivity contribution in [2.45, 2.75) is 11.8 Å². The molecular weight excluding hydrogens is 408 g/mol. The van der Waals surface area contributed by atoms with E-state index in [9.17, 15) is 18.0 Å². The Morgan fingerprint density at radius 2 is 1.62 bits per heavy atom. The molecule has 0 bridgehead atoms. The third-order valence-corrected chi connectivity index (χ3v) is 4.94. The van der Waals surface area contributed by atoms with Crippen molar-refractivity contribution in [1.29, 1.82) is 0 Å². The number of aromatic nitrogens is 5. The Morgan fingerprint density at radius 3 is 2.10 bits per heavy atom. The van der Waals surface area contributed by atoms with Crippen LogP contribution in [0, 0.1) is 6.92 Å². The summed E-state index contributed by atoms with van der Waals surface area (Å²) in [6, 6.07) is -1.49. The Balaban J connectivity index is 2.33. The summed E-state index contributed by atoms with van der Waals surface area (Å²) < 4.78 is 38.1. The van der Waals surface area contributed by atoms with Crippen molar-refractivity contribution in [2.24, 2.45) is 7.05 Å². The summed E-state index contributed by atoms with van der Waals surface area (Å²) in [5.41, 5.74) is -0.155. The number of methoxy groups -OCH3 is 2. The van der Waals surface area contributed by atoms with Crippen LogP contribution in [0.15, 0.2) is 4.90 Å². The zero-order valence-corrected chi connectivity index (χ0v) is 17.4. The molecule has 0 atom stereocenters. The maximum Gasteiger partial charge on any atom is 0.335 e. The largest absolute Gasteiger partial charge is 0.467 e. The number of anilines is 1. The molecule has 15 heteroatoms. The van der Waals surface area contributed by atoms with E-state index in [4.69, 9.17) is 9.47 Å². The van der Waals surface area contributed by atoms with Crippen molar-refractivity contribution in [3.63, 3.8) is 0 Å². The van der Waals surface area contributed by atoms with Gasteiger partial charge in [-0.15, -0.1) is 4.98 Å². The van der Waals surface area contributed by atoms with Gasteiger partial charge in [-0.25, -0.2) is 17.9 Å². The number of carbonyl (C=O) groups is 2. The summed E-state index contributed by atoms with van der Waals surface area (Å²) in [7, 11) is 2.47. The molecular formula is C14H20N8O6S. The number of nitrogens with zero attached hydrogens (tertiary/aromatic N) is 6. The van der Waals surface area contributed by atoms with Crippen LogP contribution < -0.4 is 19.5 Å². The molecule has 29 heavy (non-hydrogen) atoms. The molecule has 0 aliphatic heterocycles. The summed E-state index contributed by atoms with van der Waals surface area (Å²) in [5.74, 6) is -0.908. The molecule has 0 saturated heterocycles. The number of amides is 3. The van der Waals surface area contributed by atoms with Gasteiger partial charge in [0.2, 0.25) is 5.95 Å². The number of ether oxygens (including phenoxy) is 2. The Hall–Kier alpha value is -3.49. The topological polar surface area (TPSA) is 171 Å². The Kier molecular flexibility index (Phi) is 6.21. The molecule has 0 radical (unpaired) electrons. The van der Waals surface area contributed by atoms with Gasteiger partial charge in [0.15, 0.2) is 0 Å². The van der Waals surface area contributed by atoms with Crippen molar-refractivity contribution in [3.8, 4) is 12.0 Å². The van der Waals surface area contributed by atoms with Gasteiger partial charge in [-0.2, -0.15) is 15.1 Å². The first-order chi connectivity index (χ1) is 13.5. The summed E-state index contributed by atoms with van der Waals surface area (Å²) >= 11 is 0. The molecule has 0 spiro atoms. The fourth-order valence-electron chi connectivity index (χ4n) is 2.28. The van der Waals surface area contributed by atoms with Crippen LogP contribution in [0.1, 0.15) is 16.2 Å². The zero-order chi connectivity index (χ0) is 21.9. The molecule has 158 valence electrons. The van der Waals surface area contributed by atoms with Crippen LogP contribution in [0.25, 0.3) is 0 Å². The van der Waals surface area contributed by atoms with Gasteiger partial charge in [0.05, 0.1) is 19.9 Å². The second kappa shape index (κ2) is 8.26. The van der Waals surface area contributed by atoms with E-state index in [1.54, 1.807) is 4.72 Å².